The summed E-state index contributed by atoms with van der Waals surface area (Å²) in [4.78, 5) is 27.8. The van der Waals surface area contributed by atoms with Gasteiger partial charge in [0, 0.05) is 41.4 Å². The summed E-state index contributed by atoms with van der Waals surface area (Å²) < 4.78 is 53.3. The number of pyridine rings is 2. The van der Waals surface area contributed by atoms with Crippen LogP contribution in [0.4, 0.5) is 13.2 Å². The fourth-order valence-electron chi connectivity index (χ4n) is 6.25. The highest BCUT2D eigenvalue weighted by atomic mass is 19.4. The molecule has 2 aliphatic heterocycles. The van der Waals surface area contributed by atoms with E-state index < -0.39 is 17.7 Å². The maximum absolute atomic E-state index is 13.2. The summed E-state index contributed by atoms with van der Waals surface area (Å²) in [7, 11) is 0. The van der Waals surface area contributed by atoms with E-state index >= 15 is 0 Å². The Bertz CT molecular complexity index is 1900. The third-order valence-corrected chi connectivity index (χ3v) is 8.91. The number of hydrogen-bond acceptors (Lipinski definition) is 7. The van der Waals surface area contributed by atoms with E-state index in [1.807, 2.05) is 12.1 Å². The maximum Gasteiger partial charge on any atom is 0.416 e. The van der Waals surface area contributed by atoms with Crippen LogP contribution in [-0.4, -0.2) is 61.3 Å². The van der Waals surface area contributed by atoms with Crippen molar-refractivity contribution in [3.63, 3.8) is 0 Å². The molecule has 7 rings (SSSR count). The first-order valence-corrected chi connectivity index (χ1v) is 15.3. The number of carboxylic acid groups (broad SMARTS) is 1. The van der Waals surface area contributed by atoms with Crippen LogP contribution in [0.5, 0.6) is 5.88 Å². The van der Waals surface area contributed by atoms with Gasteiger partial charge < -0.3 is 19.1 Å². The molecular weight excluding hydrogens is 599 g/mol. The van der Waals surface area contributed by atoms with Crippen LogP contribution in [0.3, 0.4) is 0 Å². The Labute approximate surface area is 262 Å². The third kappa shape index (κ3) is 6.27. The summed E-state index contributed by atoms with van der Waals surface area (Å²) in [6, 6.07) is 16.1. The fraction of sp³-hybridized carbons (Fsp3) is 0.353. The molecule has 0 aliphatic carbocycles. The van der Waals surface area contributed by atoms with Crippen molar-refractivity contribution < 1.29 is 32.5 Å². The molecule has 0 spiro atoms. The third-order valence-electron chi connectivity index (χ3n) is 8.91. The standard InChI is InChI=1S/C34H32F3N5O4/c35-34(36,37)24-5-6-26-23(8-12-38-29(26)17-24)20-46-32-3-1-2-27(40-32)21-9-13-41(14-10-21)19-31-39-28-7-4-22(33(43)44)16-30(28)42(31)18-25-11-15-45-25/h1-8,12,16-17,21,25H,9-11,13-15,18-20H2,(H,43,44). The SMILES string of the molecule is O=C(O)c1ccc2nc(CN3CCC(c4cccc(OCc5ccnc6cc(C(F)(F)F)ccc56)n4)CC3)n(CC3CCO3)c2c1. The van der Waals surface area contributed by atoms with Gasteiger partial charge in [0.05, 0.1) is 46.9 Å². The molecule has 0 radical (unpaired) electrons. The van der Waals surface area contributed by atoms with Gasteiger partial charge in [-0.15, -0.1) is 0 Å². The van der Waals surface area contributed by atoms with E-state index in [4.69, 9.17) is 19.4 Å². The van der Waals surface area contributed by atoms with E-state index in [0.29, 0.717) is 24.4 Å². The number of likely N-dealkylation sites (tertiary alicyclic amines) is 1. The molecule has 238 valence electrons. The minimum atomic E-state index is -4.43. The number of carboxylic acids is 1. The molecule has 3 aromatic heterocycles. The maximum atomic E-state index is 13.2. The van der Waals surface area contributed by atoms with Gasteiger partial charge in [-0.3, -0.25) is 9.88 Å². The largest absolute Gasteiger partial charge is 0.478 e. The molecule has 1 atom stereocenters. The molecule has 12 heteroatoms. The predicted octanol–water partition coefficient (Wildman–Crippen LogP) is 6.44. The van der Waals surface area contributed by atoms with Gasteiger partial charge in [0.1, 0.15) is 12.4 Å². The van der Waals surface area contributed by atoms with E-state index in [9.17, 15) is 23.1 Å². The second kappa shape index (κ2) is 12.3. The molecule has 0 amide bonds. The second-order valence-electron chi connectivity index (χ2n) is 11.9. The number of imidazole rings is 1. The normalized spacial score (nSPS) is 17.8. The molecule has 2 aromatic carbocycles. The van der Waals surface area contributed by atoms with Crippen molar-refractivity contribution in [3.8, 4) is 5.88 Å². The van der Waals surface area contributed by atoms with Gasteiger partial charge in [-0.05, 0) is 74.8 Å². The molecule has 46 heavy (non-hydrogen) atoms. The zero-order chi connectivity index (χ0) is 31.8. The van der Waals surface area contributed by atoms with Crippen molar-refractivity contribution in [2.45, 2.75) is 57.2 Å². The molecule has 5 aromatic rings. The number of aromatic nitrogens is 4. The van der Waals surface area contributed by atoms with Crippen LogP contribution >= 0.6 is 0 Å². The zero-order valence-corrected chi connectivity index (χ0v) is 24.9. The van der Waals surface area contributed by atoms with Crippen molar-refractivity contribution in [2.75, 3.05) is 19.7 Å². The fourth-order valence-corrected chi connectivity index (χ4v) is 6.25. The lowest BCUT2D eigenvalue weighted by molar-refractivity contribution is -0.137. The molecular formula is C34H32F3N5O4. The van der Waals surface area contributed by atoms with Gasteiger partial charge in [0.25, 0.3) is 0 Å². The Kier molecular flexibility index (Phi) is 8.07. The summed E-state index contributed by atoms with van der Waals surface area (Å²) in [5.74, 6) is 0.653. The summed E-state index contributed by atoms with van der Waals surface area (Å²) in [5, 5.41) is 10.1. The molecule has 2 saturated heterocycles. The van der Waals surface area contributed by atoms with Crippen molar-refractivity contribution in [1.29, 1.82) is 0 Å². The van der Waals surface area contributed by atoms with E-state index in [1.165, 1.54) is 12.3 Å². The smallest absolute Gasteiger partial charge is 0.416 e. The number of halogens is 3. The number of benzene rings is 2. The average molecular weight is 632 g/mol. The van der Waals surface area contributed by atoms with Gasteiger partial charge in [-0.1, -0.05) is 12.1 Å². The van der Waals surface area contributed by atoms with Crippen molar-refractivity contribution >= 4 is 27.9 Å². The molecule has 2 fully saturated rings. The first kappa shape index (κ1) is 30.1. The lowest BCUT2D eigenvalue weighted by Gasteiger charge is -2.32. The minimum Gasteiger partial charge on any atom is -0.478 e. The molecule has 0 bridgehead atoms. The van der Waals surface area contributed by atoms with Crippen molar-refractivity contribution in [3.05, 3.63) is 95.1 Å². The lowest BCUT2D eigenvalue weighted by atomic mass is 9.93. The summed E-state index contributed by atoms with van der Waals surface area (Å²) in [6.07, 6.45) is -0.0539. The Balaban J connectivity index is 1.00. The number of ether oxygens (including phenoxy) is 2. The molecule has 1 unspecified atom stereocenters. The zero-order valence-electron chi connectivity index (χ0n) is 24.9. The highest BCUT2D eigenvalue weighted by Gasteiger charge is 2.31. The number of fused-ring (bicyclic) bond motifs is 2. The number of alkyl halides is 3. The minimum absolute atomic E-state index is 0.107. The molecule has 2 aliphatic rings. The Morgan fingerprint density at radius 2 is 1.83 bits per heavy atom. The highest BCUT2D eigenvalue weighted by Crippen LogP contribution is 2.33. The van der Waals surface area contributed by atoms with Crippen LogP contribution in [0.2, 0.25) is 0 Å². The van der Waals surface area contributed by atoms with Crippen molar-refractivity contribution in [2.24, 2.45) is 0 Å². The molecule has 5 heterocycles. The van der Waals surface area contributed by atoms with Crippen LogP contribution in [0.15, 0.2) is 66.9 Å². The van der Waals surface area contributed by atoms with Crippen LogP contribution in [0.1, 0.15) is 58.2 Å². The Morgan fingerprint density at radius 1 is 1.00 bits per heavy atom. The van der Waals surface area contributed by atoms with Crippen LogP contribution in [0.25, 0.3) is 21.9 Å². The van der Waals surface area contributed by atoms with Crippen molar-refractivity contribution in [1.82, 2.24) is 24.4 Å². The average Bonchev–Trinajstić information content (AvgIpc) is 3.37. The van der Waals surface area contributed by atoms with Crippen LogP contribution in [0, 0.1) is 0 Å². The first-order chi connectivity index (χ1) is 22.2. The van der Waals surface area contributed by atoms with Gasteiger partial charge in [-0.25, -0.2) is 14.8 Å². The predicted molar refractivity (Wildman–Crippen MR) is 164 cm³/mol. The molecule has 9 nitrogen and oxygen atoms in total. The number of piperidine rings is 1. The van der Waals surface area contributed by atoms with Gasteiger partial charge >= 0.3 is 12.1 Å². The highest BCUT2D eigenvalue weighted by molar-refractivity contribution is 5.92. The summed E-state index contributed by atoms with van der Waals surface area (Å²) >= 11 is 0. The Hall–Kier alpha value is -4.55. The van der Waals surface area contributed by atoms with Crippen LogP contribution < -0.4 is 4.74 Å². The molecule has 0 saturated carbocycles. The van der Waals surface area contributed by atoms with E-state index in [-0.39, 0.29) is 29.7 Å². The van der Waals surface area contributed by atoms with E-state index in [1.54, 1.807) is 30.3 Å². The topological polar surface area (TPSA) is 103 Å². The number of carbonyl (C=O) groups is 1. The van der Waals surface area contributed by atoms with Crippen LogP contribution in [-0.2, 0) is 30.6 Å². The van der Waals surface area contributed by atoms with Gasteiger partial charge in [-0.2, -0.15) is 13.2 Å². The second-order valence-corrected chi connectivity index (χ2v) is 11.9. The quantitative estimate of drug-likeness (QED) is 0.198. The number of nitrogens with zero attached hydrogens (tertiary/aromatic N) is 5. The van der Waals surface area contributed by atoms with Gasteiger partial charge in [0.15, 0.2) is 0 Å². The summed E-state index contributed by atoms with van der Waals surface area (Å²) in [6.45, 7) is 3.89. The van der Waals surface area contributed by atoms with E-state index in [0.717, 1.165) is 79.2 Å². The first-order valence-electron chi connectivity index (χ1n) is 15.3. The lowest BCUT2D eigenvalue weighted by Crippen LogP contribution is -2.35. The number of hydrogen-bond donors (Lipinski definition) is 1. The monoisotopic (exact) mass is 631 g/mol. The summed E-state index contributed by atoms with van der Waals surface area (Å²) in [5.41, 5.74) is 3.04. The number of rotatable bonds is 9. The number of aromatic carboxylic acids is 1. The molecule has 1 N–H and O–H groups in total. The van der Waals surface area contributed by atoms with Gasteiger partial charge in [0.2, 0.25) is 5.88 Å². The van der Waals surface area contributed by atoms with E-state index in [2.05, 4.69) is 14.5 Å². The Morgan fingerprint density at radius 3 is 2.57 bits per heavy atom.